The first-order chi connectivity index (χ1) is 14.4. The fourth-order valence-electron chi connectivity index (χ4n) is 4.28. The quantitative estimate of drug-likeness (QED) is 0.687. The summed E-state index contributed by atoms with van der Waals surface area (Å²) < 4.78 is 27.4. The van der Waals surface area contributed by atoms with E-state index in [2.05, 4.69) is 10.6 Å². The summed E-state index contributed by atoms with van der Waals surface area (Å²) in [6.45, 7) is 0.951. The lowest BCUT2D eigenvalue weighted by Crippen LogP contribution is -2.34. The second-order valence-corrected chi connectivity index (χ2v) is 10.3. The molecule has 7 nitrogen and oxygen atoms in total. The molecular weight excluding hydrogens is 402 g/mol. The summed E-state index contributed by atoms with van der Waals surface area (Å²) in [6, 6.07) is 6.33. The molecule has 2 fully saturated rings. The molecule has 0 radical (unpaired) electrons. The number of carbonyl (C=O) groups excluding carboxylic acids is 2. The van der Waals surface area contributed by atoms with Crippen LogP contribution in [0.1, 0.15) is 64.2 Å². The minimum absolute atomic E-state index is 0.102. The standard InChI is InChI=1S/C22H33N3O4S/c26-21(15-18-9-4-3-5-10-18)23-17-22(27)24-19-11-8-12-20(16-19)30(28,29)25-13-6-1-2-7-14-25/h8,11-12,16,18H,1-7,9-10,13-15,17H2,(H,23,26)(H,24,27). The van der Waals surface area contributed by atoms with Gasteiger partial charge in [-0.2, -0.15) is 4.31 Å². The van der Waals surface area contributed by atoms with Crippen LogP contribution in [0.5, 0.6) is 0 Å². The zero-order chi connectivity index (χ0) is 21.4. The van der Waals surface area contributed by atoms with Crippen LogP contribution in [0.4, 0.5) is 5.69 Å². The average molecular weight is 436 g/mol. The monoisotopic (exact) mass is 435 g/mol. The molecule has 1 aliphatic heterocycles. The van der Waals surface area contributed by atoms with E-state index >= 15 is 0 Å². The number of sulfonamides is 1. The van der Waals surface area contributed by atoms with Crippen molar-refractivity contribution in [3.63, 3.8) is 0 Å². The van der Waals surface area contributed by atoms with Gasteiger partial charge in [0.15, 0.2) is 0 Å². The molecule has 0 spiro atoms. The summed E-state index contributed by atoms with van der Waals surface area (Å²) >= 11 is 0. The van der Waals surface area contributed by atoms with Gasteiger partial charge in [0, 0.05) is 25.2 Å². The van der Waals surface area contributed by atoms with Crippen LogP contribution in [0.15, 0.2) is 29.2 Å². The van der Waals surface area contributed by atoms with Gasteiger partial charge < -0.3 is 10.6 Å². The van der Waals surface area contributed by atoms with Crippen molar-refractivity contribution in [1.29, 1.82) is 0 Å². The summed E-state index contributed by atoms with van der Waals surface area (Å²) in [6.07, 6.45) is 10.1. The van der Waals surface area contributed by atoms with Crippen molar-refractivity contribution in [1.82, 2.24) is 9.62 Å². The van der Waals surface area contributed by atoms with Crippen LogP contribution in [-0.2, 0) is 19.6 Å². The van der Waals surface area contributed by atoms with Crippen molar-refractivity contribution in [2.24, 2.45) is 5.92 Å². The number of benzene rings is 1. The molecule has 2 N–H and O–H groups in total. The largest absolute Gasteiger partial charge is 0.347 e. The highest BCUT2D eigenvalue weighted by atomic mass is 32.2. The third kappa shape index (κ3) is 6.54. The summed E-state index contributed by atoms with van der Waals surface area (Å²) in [4.78, 5) is 24.5. The highest BCUT2D eigenvalue weighted by Gasteiger charge is 2.25. The molecule has 1 aliphatic carbocycles. The molecule has 1 aromatic rings. The number of hydrogen-bond acceptors (Lipinski definition) is 4. The lowest BCUT2D eigenvalue weighted by atomic mass is 9.87. The Hall–Kier alpha value is -1.93. The SMILES string of the molecule is O=C(CC1CCCCC1)NCC(=O)Nc1cccc(S(=O)(=O)N2CCCCCC2)c1. The van der Waals surface area contributed by atoms with E-state index in [9.17, 15) is 18.0 Å². The number of carbonyl (C=O) groups is 2. The van der Waals surface area contributed by atoms with Crippen molar-refractivity contribution in [2.75, 3.05) is 25.0 Å². The van der Waals surface area contributed by atoms with Gasteiger partial charge in [-0.25, -0.2) is 8.42 Å². The fourth-order valence-corrected chi connectivity index (χ4v) is 5.84. The lowest BCUT2D eigenvalue weighted by molar-refractivity contribution is -0.125. The van der Waals surface area contributed by atoms with Crippen molar-refractivity contribution >= 4 is 27.5 Å². The highest BCUT2D eigenvalue weighted by Crippen LogP contribution is 2.26. The van der Waals surface area contributed by atoms with Gasteiger partial charge in [-0.05, 0) is 49.8 Å². The molecule has 0 bridgehead atoms. The summed E-state index contributed by atoms with van der Waals surface area (Å²) in [5.41, 5.74) is 0.414. The molecule has 0 atom stereocenters. The Morgan fingerprint density at radius 1 is 0.933 bits per heavy atom. The molecule has 1 aromatic carbocycles. The minimum Gasteiger partial charge on any atom is -0.347 e. The number of nitrogens with one attached hydrogen (secondary N) is 2. The van der Waals surface area contributed by atoms with Gasteiger partial charge in [0.2, 0.25) is 21.8 Å². The van der Waals surface area contributed by atoms with E-state index in [1.807, 2.05) is 0 Å². The van der Waals surface area contributed by atoms with E-state index in [4.69, 9.17) is 0 Å². The maximum Gasteiger partial charge on any atom is 0.243 e. The molecule has 166 valence electrons. The van der Waals surface area contributed by atoms with Gasteiger partial charge >= 0.3 is 0 Å². The number of nitrogens with zero attached hydrogens (tertiary/aromatic N) is 1. The maximum absolute atomic E-state index is 12.9. The first-order valence-electron chi connectivity index (χ1n) is 11.1. The first-order valence-corrected chi connectivity index (χ1v) is 12.6. The molecule has 0 aromatic heterocycles. The van der Waals surface area contributed by atoms with E-state index in [0.29, 0.717) is 31.1 Å². The Bertz CT molecular complexity index is 827. The van der Waals surface area contributed by atoms with Crippen LogP contribution in [0.2, 0.25) is 0 Å². The molecule has 0 unspecified atom stereocenters. The topological polar surface area (TPSA) is 95.6 Å². The number of anilines is 1. The second kappa shape index (κ2) is 10.9. The van der Waals surface area contributed by atoms with Gasteiger partial charge in [-0.3, -0.25) is 9.59 Å². The Kier molecular flexibility index (Phi) is 8.27. The molecule has 30 heavy (non-hydrogen) atoms. The van der Waals surface area contributed by atoms with Crippen molar-refractivity contribution in [3.05, 3.63) is 24.3 Å². The molecule has 3 rings (SSSR count). The molecular formula is C22H33N3O4S. The molecule has 2 amide bonds. The normalized spacial score (nSPS) is 19.1. The first kappa shape index (κ1) is 22.7. The summed E-state index contributed by atoms with van der Waals surface area (Å²) in [5.74, 6) is -0.0476. The number of amides is 2. The van der Waals surface area contributed by atoms with Gasteiger partial charge in [0.05, 0.1) is 11.4 Å². The molecule has 1 saturated carbocycles. The zero-order valence-corrected chi connectivity index (χ0v) is 18.4. The fraction of sp³-hybridized carbons (Fsp3) is 0.636. The third-order valence-electron chi connectivity index (χ3n) is 5.97. The van der Waals surface area contributed by atoms with E-state index < -0.39 is 10.0 Å². The second-order valence-electron chi connectivity index (χ2n) is 8.38. The molecule has 2 aliphatic rings. The Balaban J connectivity index is 1.52. The Labute approximate surface area is 179 Å². The summed E-state index contributed by atoms with van der Waals surface area (Å²) in [7, 11) is -3.57. The van der Waals surface area contributed by atoms with E-state index in [1.165, 1.54) is 29.6 Å². The summed E-state index contributed by atoms with van der Waals surface area (Å²) in [5, 5.41) is 5.37. The van der Waals surface area contributed by atoms with E-state index in [0.717, 1.165) is 38.5 Å². The van der Waals surface area contributed by atoms with Crippen LogP contribution < -0.4 is 10.6 Å². The van der Waals surface area contributed by atoms with Crippen molar-refractivity contribution < 1.29 is 18.0 Å². The van der Waals surface area contributed by atoms with Crippen LogP contribution in [0, 0.1) is 5.92 Å². The van der Waals surface area contributed by atoms with Crippen molar-refractivity contribution in [2.45, 2.75) is 69.1 Å². The lowest BCUT2D eigenvalue weighted by Gasteiger charge is -2.21. The molecule has 1 heterocycles. The predicted molar refractivity (Wildman–Crippen MR) is 117 cm³/mol. The number of rotatable bonds is 7. The van der Waals surface area contributed by atoms with Crippen molar-refractivity contribution in [3.8, 4) is 0 Å². The van der Waals surface area contributed by atoms with Crippen LogP contribution in [0.25, 0.3) is 0 Å². The van der Waals surface area contributed by atoms with E-state index in [1.54, 1.807) is 18.2 Å². The van der Waals surface area contributed by atoms with Gasteiger partial charge in [0.1, 0.15) is 0 Å². The van der Waals surface area contributed by atoms with Gasteiger partial charge in [0.25, 0.3) is 0 Å². The Morgan fingerprint density at radius 2 is 1.60 bits per heavy atom. The van der Waals surface area contributed by atoms with Crippen LogP contribution in [-0.4, -0.2) is 44.2 Å². The number of hydrogen-bond donors (Lipinski definition) is 2. The zero-order valence-electron chi connectivity index (χ0n) is 17.6. The Morgan fingerprint density at radius 3 is 2.30 bits per heavy atom. The minimum atomic E-state index is -3.57. The smallest absolute Gasteiger partial charge is 0.243 e. The molecule has 1 saturated heterocycles. The van der Waals surface area contributed by atoms with Crippen LogP contribution >= 0.6 is 0 Å². The average Bonchev–Trinajstić information content (AvgIpc) is 3.03. The van der Waals surface area contributed by atoms with Crippen LogP contribution in [0.3, 0.4) is 0 Å². The van der Waals surface area contributed by atoms with Gasteiger partial charge in [-0.15, -0.1) is 0 Å². The third-order valence-corrected chi connectivity index (χ3v) is 7.86. The van der Waals surface area contributed by atoms with E-state index in [-0.39, 0.29) is 23.3 Å². The van der Waals surface area contributed by atoms with Gasteiger partial charge in [-0.1, -0.05) is 38.2 Å². The molecule has 8 heteroatoms. The highest BCUT2D eigenvalue weighted by molar-refractivity contribution is 7.89. The maximum atomic E-state index is 12.9. The predicted octanol–water partition coefficient (Wildman–Crippen LogP) is 3.28.